The van der Waals surface area contributed by atoms with Crippen molar-refractivity contribution in [2.45, 2.75) is 82.8 Å². The average molecular weight is 409 g/mol. The van der Waals surface area contributed by atoms with E-state index in [1.165, 1.54) is 6.42 Å². The van der Waals surface area contributed by atoms with Crippen molar-refractivity contribution < 1.29 is 53.7 Å². The van der Waals surface area contributed by atoms with Gasteiger partial charge in [-0.15, -0.1) is 0 Å². The third-order valence-corrected chi connectivity index (χ3v) is 6.28. The second-order valence-corrected chi connectivity index (χ2v) is 8.63. The van der Waals surface area contributed by atoms with Gasteiger partial charge in [0.15, 0.2) is 0 Å². The number of hydrogen-bond donors (Lipinski definition) is 2. The number of carbonyl (C=O) groups excluding carboxylic acids is 2. The Bertz CT molecular complexity index is 502. The van der Waals surface area contributed by atoms with Crippen LogP contribution in [-0.2, 0) is 9.36 Å². The first-order chi connectivity index (χ1) is 12.5. The summed E-state index contributed by atoms with van der Waals surface area (Å²) in [6, 6.07) is -0.823. The molecule has 0 aromatic heterocycles. The fraction of sp³-hybridized carbons (Fsp3) is 0.889. The molecule has 2 rings (SSSR count). The SMILES string of the molecule is O=C1NC(=O)N(CCC(O)C2CCCCC2)[C@H]1CCCCCC[P+](=O)[O-].[Na+]. The van der Waals surface area contributed by atoms with E-state index >= 15 is 0 Å². The smallest absolute Gasteiger partial charge is 0.596 e. The summed E-state index contributed by atoms with van der Waals surface area (Å²) in [4.78, 5) is 36.2. The van der Waals surface area contributed by atoms with E-state index in [9.17, 15) is 24.2 Å². The number of nitrogens with zero attached hydrogens (tertiary/aromatic N) is 1. The van der Waals surface area contributed by atoms with Crippen LogP contribution < -0.4 is 39.8 Å². The first-order valence-electron chi connectivity index (χ1n) is 9.90. The van der Waals surface area contributed by atoms with Crippen molar-refractivity contribution in [3.63, 3.8) is 0 Å². The Morgan fingerprint density at radius 1 is 1.15 bits per heavy atom. The van der Waals surface area contributed by atoms with Gasteiger partial charge in [-0.3, -0.25) is 10.1 Å². The number of hydrogen-bond acceptors (Lipinski definition) is 5. The molecule has 1 saturated carbocycles. The molecular formula is C18H31N2NaO5P+. The van der Waals surface area contributed by atoms with Gasteiger partial charge in [-0.25, -0.2) is 4.79 Å². The second kappa shape index (κ2) is 13.2. The number of urea groups is 1. The van der Waals surface area contributed by atoms with Crippen LogP contribution in [0.1, 0.15) is 70.6 Å². The van der Waals surface area contributed by atoms with E-state index in [0.717, 1.165) is 44.9 Å². The van der Waals surface area contributed by atoms with Crippen LogP contribution >= 0.6 is 8.03 Å². The van der Waals surface area contributed by atoms with Crippen LogP contribution in [0, 0.1) is 5.92 Å². The predicted molar refractivity (Wildman–Crippen MR) is 96.8 cm³/mol. The van der Waals surface area contributed by atoms with Crippen LogP contribution in [0.4, 0.5) is 4.79 Å². The van der Waals surface area contributed by atoms with Crippen LogP contribution in [0.3, 0.4) is 0 Å². The van der Waals surface area contributed by atoms with Gasteiger partial charge in [0.1, 0.15) is 12.2 Å². The zero-order valence-electron chi connectivity index (χ0n) is 16.4. The maximum atomic E-state index is 12.0. The van der Waals surface area contributed by atoms with E-state index in [-0.39, 0.29) is 47.7 Å². The third-order valence-electron chi connectivity index (χ3n) is 5.60. The van der Waals surface area contributed by atoms with Gasteiger partial charge in [-0.05, 0) is 44.4 Å². The van der Waals surface area contributed by atoms with Gasteiger partial charge in [0, 0.05) is 6.54 Å². The van der Waals surface area contributed by atoms with Crippen LogP contribution in [0.5, 0.6) is 0 Å². The summed E-state index contributed by atoms with van der Waals surface area (Å²) in [5.74, 6) is 0.0564. The van der Waals surface area contributed by atoms with Gasteiger partial charge in [0.05, 0.1) is 6.10 Å². The monoisotopic (exact) mass is 409 g/mol. The Hall–Kier alpha value is -0.0400. The normalized spacial score (nSPS) is 22.4. The maximum absolute atomic E-state index is 12.0. The Morgan fingerprint density at radius 3 is 2.48 bits per heavy atom. The zero-order chi connectivity index (χ0) is 18.9. The third kappa shape index (κ3) is 8.46. The summed E-state index contributed by atoms with van der Waals surface area (Å²) >= 11 is 0. The molecule has 0 spiro atoms. The molecule has 148 valence electrons. The Kier molecular flexibility index (Phi) is 12.3. The number of imide groups is 1. The number of nitrogens with one attached hydrogen (secondary N) is 1. The maximum Gasteiger partial charge on any atom is 1.00 e. The molecule has 2 N–H and O–H groups in total. The number of unbranched alkanes of at least 4 members (excludes halogenated alkanes) is 3. The minimum atomic E-state index is -2.31. The van der Waals surface area contributed by atoms with E-state index in [1.807, 2.05) is 0 Å². The van der Waals surface area contributed by atoms with E-state index in [1.54, 1.807) is 4.90 Å². The molecule has 0 aromatic rings. The van der Waals surface area contributed by atoms with E-state index in [2.05, 4.69) is 5.32 Å². The van der Waals surface area contributed by atoms with E-state index in [0.29, 0.717) is 31.7 Å². The molecule has 1 saturated heterocycles. The van der Waals surface area contributed by atoms with Crippen LogP contribution in [0.15, 0.2) is 0 Å². The first kappa shape index (κ1) is 25.0. The molecule has 1 aliphatic heterocycles. The van der Waals surface area contributed by atoms with Gasteiger partial charge >= 0.3 is 43.6 Å². The van der Waals surface area contributed by atoms with Gasteiger partial charge in [0.2, 0.25) is 0 Å². The number of carbonyl (C=O) groups is 2. The molecule has 0 aromatic carbocycles. The topological polar surface area (TPSA) is 110 Å². The van der Waals surface area contributed by atoms with E-state index < -0.39 is 20.2 Å². The Balaban J connectivity index is 0.00000364. The van der Waals surface area contributed by atoms with Gasteiger partial charge in [-0.1, -0.05) is 36.7 Å². The summed E-state index contributed by atoms with van der Waals surface area (Å²) < 4.78 is 10.5. The van der Waals surface area contributed by atoms with Crippen molar-refractivity contribution in [2.24, 2.45) is 5.92 Å². The molecule has 3 atom stereocenters. The number of aliphatic hydroxyl groups is 1. The number of rotatable bonds is 11. The largest absolute Gasteiger partial charge is 1.00 e. The van der Waals surface area contributed by atoms with Crippen molar-refractivity contribution in [1.82, 2.24) is 10.2 Å². The fourth-order valence-electron chi connectivity index (χ4n) is 4.05. The van der Waals surface area contributed by atoms with Gasteiger partial charge in [-0.2, -0.15) is 0 Å². The number of aliphatic hydroxyl groups excluding tert-OH is 1. The van der Waals surface area contributed by atoms with E-state index in [4.69, 9.17) is 0 Å². The molecule has 0 radical (unpaired) electrons. The number of amides is 3. The standard InChI is InChI=1S/C18H31N2O5P.Na/c21-16(14-8-4-3-5-9-14)11-12-20-15(17(22)19-18(20)23)10-6-1-2-7-13-26(24)25;/h14-16,21H,1-13H2,(H,19,22,23);/q;+1/t15-,16?;/m0./s1. The molecule has 1 aliphatic carbocycles. The molecule has 0 bridgehead atoms. The molecular weight excluding hydrogens is 378 g/mol. The van der Waals surface area contributed by atoms with Crippen molar-refractivity contribution in [2.75, 3.05) is 12.7 Å². The molecule has 9 heteroatoms. The minimum absolute atomic E-state index is 0. The minimum Gasteiger partial charge on any atom is -0.596 e. The zero-order valence-corrected chi connectivity index (χ0v) is 19.3. The predicted octanol–water partition coefficient (Wildman–Crippen LogP) is -0.705. The van der Waals surface area contributed by atoms with Gasteiger partial charge < -0.3 is 14.9 Å². The van der Waals surface area contributed by atoms with Crippen molar-refractivity contribution in [3.8, 4) is 0 Å². The molecule has 1 heterocycles. The Labute approximate surface area is 184 Å². The second-order valence-electron chi connectivity index (χ2n) is 7.52. The van der Waals surface area contributed by atoms with Crippen molar-refractivity contribution >= 4 is 20.0 Å². The summed E-state index contributed by atoms with van der Waals surface area (Å²) in [5.41, 5.74) is 0. The van der Waals surface area contributed by atoms with Crippen LogP contribution in [-0.4, -0.2) is 46.8 Å². The average Bonchev–Trinajstić information content (AvgIpc) is 2.89. The molecule has 2 fully saturated rings. The fourth-order valence-corrected chi connectivity index (χ4v) is 4.53. The summed E-state index contributed by atoms with van der Waals surface area (Å²) in [6.07, 6.45) is 9.63. The molecule has 7 nitrogen and oxygen atoms in total. The molecule has 27 heavy (non-hydrogen) atoms. The van der Waals surface area contributed by atoms with Crippen molar-refractivity contribution in [3.05, 3.63) is 0 Å². The van der Waals surface area contributed by atoms with Crippen molar-refractivity contribution in [1.29, 1.82) is 0 Å². The van der Waals surface area contributed by atoms with Crippen LogP contribution in [0.25, 0.3) is 0 Å². The molecule has 2 unspecified atom stereocenters. The summed E-state index contributed by atoms with van der Waals surface area (Å²) in [6.45, 7) is 0.399. The molecule has 2 aliphatic rings. The summed E-state index contributed by atoms with van der Waals surface area (Å²) in [5, 5.41) is 12.8. The first-order valence-corrected chi connectivity index (χ1v) is 11.3. The molecule has 3 amide bonds. The van der Waals surface area contributed by atoms with Crippen LogP contribution in [0.2, 0.25) is 0 Å². The quantitative estimate of drug-likeness (QED) is 0.203. The Morgan fingerprint density at radius 2 is 1.81 bits per heavy atom. The van der Waals surface area contributed by atoms with Gasteiger partial charge in [0.25, 0.3) is 5.91 Å². The summed E-state index contributed by atoms with van der Waals surface area (Å²) in [7, 11) is -2.31.